The van der Waals surface area contributed by atoms with Crippen molar-refractivity contribution in [3.63, 3.8) is 0 Å². The summed E-state index contributed by atoms with van der Waals surface area (Å²) in [6, 6.07) is 8.84. The summed E-state index contributed by atoms with van der Waals surface area (Å²) in [5.74, 6) is 0.838. The minimum atomic E-state index is 0.838. The zero-order chi connectivity index (χ0) is 9.80. The number of fused-ring (bicyclic) bond motifs is 1. The van der Waals surface area contributed by atoms with Gasteiger partial charge in [0.1, 0.15) is 0 Å². The standard InChI is InChI=1S/C13H18O/c1-14-9-8-11-6-7-12-4-2-3-5-13(12)10-11/h2-5,11H,6-10H2,1H3. The molecule has 0 saturated carbocycles. The van der Waals surface area contributed by atoms with Crippen LogP contribution < -0.4 is 0 Å². The smallest absolute Gasteiger partial charge is 0.0465 e. The van der Waals surface area contributed by atoms with Gasteiger partial charge in [-0.05, 0) is 42.7 Å². The van der Waals surface area contributed by atoms with Gasteiger partial charge in [-0.1, -0.05) is 24.3 Å². The first-order valence-corrected chi connectivity index (χ1v) is 5.46. The van der Waals surface area contributed by atoms with Crippen LogP contribution in [0.25, 0.3) is 0 Å². The van der Waals surface area contributed by atoms with Crippen LogP contribution in [0.3, 0.4) is 0 Å². The number of hydrogen-bond donors (Lipinski definition) is 0. The van der Waals surface area contributed by atoms with E-state index < -0.39 is 0 Å². The molecular weight excluding hydrogens is 172 g/mol. The zero-order valence-corrected chi connectivity index (χ0v) is 8.83. The molecule has 0 aliphatic heterocycles. The van der Waals surface area contributed by atoms with Crippen molar-refractivity contribution in [2.75, 3.05) is 13.7 Å². The summed E-state index contributed by atoms with van der Waals surface area (Å²) in [4.78, 5) is 0. The topological polar surface area (TPSA) is 9.23 Å². The van der Waals surface area contributed by atoms with E-state index in [9.17, 15) is 0 Å². The summed E-state index contributed by atoms with van der Waals surface area (Å²) in [5.41, 5.74) is 3.11. The van der Waals surface area contributed by atoms with E-state index in [-0.39, 0.29) is 0 Å². The Kier molecular flexibility index (Phi) is 3.20. The molecule has 0 radical (unpaired) electrons. The molecule has 1 aliphatic rings. The number of rotatable bonds is 3. The second-order valence-electron chi connectivity index (χ2n) is 4.16. The fraction of sp³-hybridized carbons (Fsp3) is 0.538. The van der Waals surface area contributed by atoms with Crippen molar-refractivity contribution in [3.05, 3.63) is 35.4 Å². The Morgan fingerprint density at radius 3 is 2.86 bits per heavy atom. The second-order valence-corrected chi connectivity index (χ2v) is 4.16. The highest BCUT2D eigenvalue weighted by molar-refractivity contribution is 5.29. The molecule has 1 atom stereocenters. The molecule has 0 bridgehead atoms. The van der Waals surface area contributed by atoms with Crippen LogP contribution in [0.5, 0.6) is 0 Å². The predicted octanol–water partition coefficient (Wildman–Crippen LogP) is 2.83. The average molecular weight is 190 g/mol. The van der Waals surface area contributed by atoms with E-state index in [4.69, 9.17) is 4.74 Å². The second kappa shape index (κ2) is 4.61. The molecule has 0 heterocycles. The normalized spacial score (nSPS) is 20.5. The van der Waals surface area contributed by atoms with Crippen LogP contribution in [0.1, 0.15) is 24.0 Å². The van der Waals surface area contributed by atoms with E-state index in [0.29, 0.717) is 0 Å². The molecule has 1 aliphatic carbocycles. The highest BCUT2D eigenvalue weighted by atomic mass is 16.5. The van der Waals surface area contributed by atoms with Crippen molar-refractivity contribution in [3.8, 4) is 0 Å². The third-order valence-corrected chi connectivity index (χ3v) is 3.18. The van der Waals surface area contributed by atoms with Crippen LogP contribution in [0.4, 0.5) is 0 Å². The molecular formula is C13H18O. The molecule has 1 heteroatoms. The minimum absolute atomic E-state index is 0.838. The molecule has 14 heavy (non-hydrogen) atoms. The number of aryl methyl sites for hydroxylation is 1. The summed E-state index contributed by atoms with van der Waals surface area (Å²) in [6.45, 7) is 0.910. The molecule has 0 saturated heterocycles. The van der Waals surface area contributed by atoms with Crippen LogP contribution >= 0.6 is 0 Å². The van der Waals surface area contributed by atoms with Gasteiger partial charge in [0.15, 0.2) is 0 Å². The van der Waals surface area contributed by atoms with Crippen molar-refractivity contribution in [2.24, 2.45) is 5.92 Å². The van der Waals surface area contributed by atoms with Gasteiger partial charge >= 0.3 is 0 Å². The van der Waals surface area contributed by atoms with Crippen LogP contribution in [-0.2, 0) is 17.6 Å². The van der Waals surface area contributed by atoms with Crippen LogP contribution in [0, 0.1) is 5.92 Å². The molecule has 1 aromatic carbocycles. The highest BCUT2D eigenvalue weighted by Crippen LogP contribution is 2.27. The maximum atomic E-state index is 5.13. The van der Waals surface area contributed by atoms with Crippen molar-refractivity contribution in [1.29, 1.82) is 0 Å². The lowest BCUT2D eigenvalue weighted by Crippen LogP contribution is -2.15. The van der Waals surface area contributed by atoms with Gasteiger partial charge in [0.25, 0.3) is 0 Å². The first kappa shape index (κ1) is 9.72. The fourth-order valence-corrected chi connectivity index (χ4v) is 2.30. The maximum absolute atomic E-state index is 5.13. The molecule has 76 valence electrons. The number of hydrogen-bond acceptors (Lipinski definition) is 1. The maximum Gasteiger partial charge on any atom is 0.0465 e. The lowest BCUT2D eigenvalue weighted by atomic mass is 9.82. The van der Waals surface area contributed by atoms with Crippen LogP contribution in [-0.4, -0.2) is 13.7 Å². The summed E-state index contributed by atoms with van der Waals surface area (Å²) in [5, 5.41) is 0. The lowest BCUT2D eigenvalue weighted by Gasteiger charge is -2.24. The van der Waals surface area contributed by atoms with Gasteiger partial charge in [-0.3, -0.25) is 0 Å². The summed E-state index contributed by atoms with van der Waals surface area (Å²) >= 11 is 0. The molecule has 2 rings (SSSR count). The Labute approximate surface area is 86.1 Å². The van der Waals surface area contributed by atoms with Crippen molar-refractivity contribution in [1.82, 2.24) is 0 Å². The average Bonchev–Trinajstić information content (AvgIpc) is 2.26. The third-order valence-electron chi connectivity index (χ3n) is 3.18. The SMILES string of the molecule is COCCC1CCc2ccccc2C1. The fourth-order valence-electron chi connectivity index (χ4n) is 2.30. The van der Waals surface area contributed by atoms with Crippen molar-refractivity contribution < 1.29 is 4.74 Å². The first-order chi connectivity index (χ1) is 6.90. The minimum Gasteiger partial charge on any atom is -0.385 e. The largest absolute Gasteiger partial charge is 0.385 e. The van der Waals surface area contributed by atoms with Gasteiger partial charge < -0.3 is 4.74 Å². The van der Waals surface area contributed by atoms with Crippen LogP contribution in [0.2, 0.25) is 0 Å². The van der Waals surface area contributed by atoms with Gasteiger partial charge in [0, 0.05) is 13.7 Å². The summed E-state index contributed by atoms with van der Waals surface area (Å²) < 4.78 is 5.13. The monoisotopic (exact) mass is 190 g/mol. The predicted molar refractivity (Wildman–Crippen MR) is 58.5 cm³/mol. The molecule has 1 nitrogen and oxygen atoms in total. The Hall–Kier alpha value is -0.820. The van der Waals surface area contributed by atoms with Gasteiger partial charge in [0.2, 0.25) is 0 Å². The zero-order valence-electron chi connectivity index (χ0n) is 8.83. The first-order valence-electron chi connectivity index (χ1n) is 5.46. The Morgan fingerprint density at radius 2 is 2.07 bits per heavy atom. The van der Waals surface area contributed by atoms with E-state index in [2.05, 4.69) is 24.3 Å². The third kappa shape index (κ3) is 2.16. The van der Waals surface area contributed by atoms with E-state index in [1.807, 2.05) is 0 Å². The number of ether oxygens (including phenoxy) is 1. The van der Waals surface area contributed by atoms with Gasteiger partial charge in [-0.25, -0.2) is 0 Å². The molecule has 0 spiro atoms. The Bertz CT molecular complexity index is 293. The molecule has 1 aromatic rings. The summed E-state index contributed by atoms with van der Waals surface area (Å²) in [7, 11) is 1.79. The van der Waals surface area contributed by atoms with Crippen LogP contribution in [0.15, 0.2) is 24.3 Å². The molecule has 0 N–H and O–H groups in total. The van der Waals surface area contributed by atoms with E-state index in [0.717, 1.165) is 12.5 Å². The molecule has 0 aromatic heterocycles. The number of methoxy groups -OCH3 is 1. The quantitative estimate of drug-likeness (QED) is 0.712. The van der Waals surface area contributed by atoms with Gasteiger partial charge in [-0.15, -0.1) is 0 Å². The highest BCUT2D eigenvalue weighted by Gasteiger charge is 2.17. The van der Waals surface area contributed by atoms with Gasteiger partial charge in [0.05, 0.1) is 0 Å². The summed E-state index contributed by atoms with van der Waals surface area (Å²) in [6.07, 6.45) is 5.05. The molecule has 1 unspecified atom stereocenters. The van der Waals surface area contributed by atoms with Gasteiger partial charge in [-0.2, -0.15) is 0 Å². The number of benzene rings is 1. The molecule has 0 fully saturated rings. The lowest BCUT2D eigenvalue weighted by molar-refractivity contribution is 0.173. The van der Waals surface area contributed by atoms with Crippen molar-refractivity contribution >= 4 is 0 Å². The van der Waals surface area contributed by atoms with E-state index >= 15 is 0 Å². The molecule has 0 amide bonds. The van der Waals surface area contributed by atoms with E-state index in [1.54, 1.807) is 18.2 Å². The van der Waals surface area contributed by atoms with E-state index in [1.165, 1.54) is 25.7 Å². The van der Waals surface area contributed by atoms with Crippen molar-refractivity contribution in [2.45, 2.75) is 25.7 Å². The Morgan fingerprint density at radius 1 is 1.29 bits per heavy atom. The Balaban J connectivity index is 1.99.